The molecule has 2 heterocycles. The molecule has 1 amide bonds. The molecule has 1 saturated carbocycles. The minimum atomic E-state index is -1.12. The molecule has 1 spiro atoms. The minimum absolute atomic E-state index is 0.210. The fourth-order valence-corrected chi connectivity index (χ4v) is 6.14. The van der Waals surface area contributed by atoms with Gasteiger partial charge in [-0.25, -0.2) is 0 Å². The highest BCUT2D eigenvalue weighted by atomic mass is 16.5. The maximum absolute atomic E-state index is 12.8. The maximum Gasteiger partial charge on any atom is 0.312 e. The van der Waals surface area contributed by atoms with Gasteiger partial charge in [-0.3, -0.25) is 19.3 Å². The third-order valence-electron chi connectivity index (χ3n) is 7.23. The Morgan fingerprint density at radius 3 is 3.00 bits per heavy atom. The summed E-state index contributed by atoms with van der Waals surface area (Å²) in [7, 11) is 0. The third-order valence-corrected chi connectivity index (χ3v) is 7.23. The molecule has 2 aliphatic heterocycles. The quantitative estimate of drug-likeness (QED) is 0.756. The minimum Gasteiger partial charge on any atom is -0.481 e. The molecular formula is C21H24N2O5. The lowest BCUT2D eigenvalue weighted by Crippen LogP contribution is -2.67. The van der Waals surface area contributed by atoms with Crippen molar-refractivity contribution >= 4 is 17.7 Å². The molecule has 0 radical (unpaired) electrons. The number of carboxylic acids is 1. The van der Waals surface area contributed by atoms with Gasteiger partial charge < -0.3 is 15.2 Å². The van der Waals surface area contributed by atoms with Crippen molar-refractivity contribution in [2.75, 3.05) is 13.2 Å². The van der Waals surface area contributed by atoms with Gasteiger partial charge in [-0.1, -0.05) is 12.1 Å². The van der Waals surface area contributed by atoms with Crippen LogP contribution in [0.2, 0.25) is 0 Å². The highest BCUT2D eigenvalue weighted by Gasteiger charge is 2.65. The van der Waals surface area contributed by atoms with E-state index in [9.17, 15) is 14.4 Å². The molecule has 148 valence electrons. The van der Waals surface area contributed by atoms with E-state index in [4.69, 9.17) is 9.84 Å². The van der Waals surface area contributed by atoms with Crippen LogP contribution in [-0.2, 0) is 26.2 Å². The van der Waals surface area contributed by atoms with E-state index in [1.807, 2.05) is 6.92 Å². The van der Waals surface area contributed by atoms with Gasteiger partial charge in [-0.05, 0) is 43.2 Å². The Bertz CT molecular complexity index is 897. The number of ketones is 1. The summed E-state index contributed by atoms with van der Waals surface area (Å²) in [6.07, 6.45) is 2.18. The number of likely N-dealkylation sites (tertiary alicyclic amines) is 1. The molecule has 2 fully saturated rings. The zero-order chi connectivity index (χ0) is 19.6. The number of amides is 1. The van der Waals surface area contributed by atoms with E-state index >= 15 is 0 Å². The van der Waals surface area contributed by atoms with E-state index in [1.54, 1.807) is 0 Å². The average molecular weight is 384 g/mol. The van der Waals surface area contributed by atoms with Gasteiger partial charge in [0.1, 0.15) is 12.2 Å². The summed E-state index contributed by atoms with van der Waals surface area (Å²) >= 11 is 0. The number of Topliss-reactive ketones (excluding diaryl/α,β-unsaturated/α-hetero) is 1. The Hall–Kier alpha value is -2.41. The number of nitrogens with one attached hydrogen (secondary N) is 1. The van der Waals surface area contributed by atoms with Crippen LogP contribution in [0.3, 0.4) is 0 Å². The summed E-state index contributed by atoms with van der Waals surface area (Å²) in [5.41, 5.74) is 3.37. The van der Waals surface area contributed by atoms with Crippen molar-refractivity contribution in [2.45, 2.75) is 56.6 Å². The molecule has 4 aliphatic rings. The van der Waals surface area contributed by atoms with Gasteiger partial charge in [0, 0.05) is 30.0 Å². The predicted octanol–water partition coefficient (Wildman–Crippen LogP) is 1.15. The molecule has 7 nitrogen and oxygen atoms in total. The van der Waals surface area contributed by atoms with Gasteiger partial charge in [0.25, 0.3) is 0 Å². The van der Waals surface area contributed by atoms with Crippen molar-refractivity contribution in [3.8, 4) is 5.75 Å². The summed E-state index contributed by atoms with van der Waals surface area (Å²) < 4.78 is 6.30. The molecule has 2 N–H and O–H groups in total. The first kappa shape index (κ1) is 17.7. The number of aryl methyl sites for hydroxylation is 1. The second-order valence-corrected chi connectivity index (χ2v) is 8.56. The van der Waals surface area contributed by atoms with Crippen molar-refractivity contribution < 1.29 is 24.2 Å². The molecule has 1 aromatic rings. The predicted molar refractivity (Wildman–Crippen MR) is 99.1 cm³/mol. The number of aliphatic carboxylic acids is 1. The highest BCUT2D eigenvalue weighted by Crippen LogP contribution is 2.61. The fourth-order valence-electron chi connectivity index (χ4n) is 6.14. The number of nitrogens with zero attached hydrogens (tertiary/aromatic N) is 1. The summed E-state index contributed by atoms with van der Waals surface area (Å²) in [6.45, 7) is 3.15. The number of carbonyl (C=O) groups excluding carboxylic acids is 2. The molecule has 0 aromatic heterocycles. The lowest BCUT2D eigenvalue weighted by molar-refractivity contribution is -0.141. The van der Waals surface area contributed by atoms with Gasteiger partial charge in [-0.15, -0.1) is 0 Å². The van der Waals surface area contributed by atoms with Gasteiger partial charge in [0.15, 0.2) is 11.9 Å². The van der Waals surface area contributed by atoms with Crippen LogP contribution in [0.15, 0.2) is 12.1 Å². The maximum atomic E-state index is 12.8. The molecule has 1 unspecified atom stereocenters. The molecule has 7 heteroatoms. The second kappa shape index (κ2) is 6.04. The van der Waals surface area contributed by atoms with Crippen LogP contribution in [0.1, 0.15) is 42.4 Å². The Kier molecular flexibility index (Phi) is 3.81. The van der Waals surface area contributed by atoms with Gasteiger partial charge in [0.2, 0.25) is 5.91 Å². The van der Waals surface area contributed by atoms with E-state index in [1.165, 1.54) is 11.1 Å². The van der Waals surface area contributed by atoms with E-state index in [-0.39, 0.29) is 23.3 Å². The Morgan fingerprint density at radius 1 is 1.39 bits per heavy atom. The van der Waals surface area contributed by atoms with E-state index in [2.05, 4.69) is 22.3 Å². The Labute approximate surface area is 163 Å². The normalized spacial score (nSPS) is 32.5. The van der Waals surface area contributed by atoms with Crippen molar-refractivity contribution in [1.82, 2.24) is 10.2 Å². The van der Waals surface area contributed by atoms with Crippen LogP contribution >= 0.6 is 0 Å². The summed E-state index contributed by atoms with van der Waals surface area (Å²) in [5, 5.41) is 11.5. The van der Waals surface area contributed by atoms with Crippen LogP contribution in [0.5, 0.6) is 5.75 Å². The number of carbonyl (C=O) groups is 3. The molecule has 2 bridgehead atoms. The number of hydrogen-bond donors (Lipinski definition) is 2. The number of piperidine rings is 1. The fraction of sp³-hybridized carbons (Fsp3) is 0.571. The largest absolute Gasteiger partial charge is 0.481 e. The van der Waals surface area contributed by atoms with E-state index < -0.39 is 18.3 Å². The number of carboxylic acid groups (broad SMARTS) is 1. The Balaban J connectivity index is 1.49. The van der Waals surface area contributed by atoms with Crippen LogP contribution in [0.4, 0.5) is 0 Å². The number of ether oxygens (including phenoxy) is 1. The van der Waals surface area contributed by atoms with Crippen LogP contribution in [0, 0.1) is 12.8 Å². The molecule has 2 aliphatic carbocycles. The summed E-state index contributed by atoms with van der Waals surface area (Å²) in [5.74, 6) is -0.147. The molecule has 4 atom stereocenters. The lowest BCUT2D eigenvalue weighted by atomic mass is 9.51. The zero-order valence-corrected chi connectivity index (χ0v) is 15.9. The van der Waals surface area contributed by atoms with Crippen LogP contribution in [-0.4, -0.2) is 53.0 Å². The molecule has 1 aromatic carbocycles. The van der Waals surface area contributed by atoms with Crippen molar-refractivity contribution in [3.63, 3.8) is 0 Å². The topological polar surface area (TPSA) is 95.9 Å². The zero-order valence-electron chi connectivity index (χ0n) is 15.9. The lowest BCUT2D eigenvalue weighted by Gasteiger charge is -2.57. The van der Waals surface area contributed by atoms with E-state index in [0.717, 1.165) is 37.1 Å². The van der Waals surface area contributed by atoms with Gasteiger partial charge in [0.05, 0.1) is 6.67 Å². The first-order valence-corrected chi connectivity index (χ1v) is 9.96. The van der Waals surface area contributed by atoms with Gasteiger partial charge >= 0.3 is 5.97 Å². The monoisotopic (exact) mass is 384 g/mol. The van der Waals surface area contributed by atoms with Crippen molar-refractivity contribution in [3.05, 3.63) is 28.8 Å². The van der Waals surface area contributed by atoms with Crippen LogP contribution < -0.4 is 10.1 Å². The number of hydrogen-bond acceptors (Lipinski definition) is 5. The summed E-state index contributed by atoms with van der Waals surface area (Å²) in [6, 6.07) is 4.46. The first-order valence-electron chi connectivity index (χ1n) is 9.96. The molecule has 1 saturated heterocycles. The average Bonchev–Trinajstić information content (AvgIpc) is 2.99. The smallest absolute Gasteiger partial charge is 0.312 e. The third kappa shape index (κ3) is 2.28. The van der Waals surface area contributed by atoms with Crippen molar-refractivity contribution in [2.24, 2.45) is 5.92 Å². The van der Waals surface area contributed by atoms with Gasteiger partial charge in [-0.2, -0.15) is 0 Å². The number of benzene rings is 1. The SMILES string of the molecule is Cc1ccc2c3c1OC1C(=O)CC[C@H]4[C@@H](C2)N(CNC(=O)CC(=O)O)CC[C@]314. The molecular weight excluding hydrogens is 360 g/mol. The highest BCUT2D eigenvalue weighted by molar-refractivity contribution is 5.93. The van der Waals surface area contributed by atoms with Crippen LogP contribution in [0.25, 0.3) is 0 Å². The van der Waals surface area contributed by atoms with E-state index in [0.29, 0.717) is 19.0 Å². The standard InChI is InChI=1S/C21H24N2O5/c1-11-2-3-12-8-14-13-4-5-15(24)20-21(13,18(12)19(11)28-20)6-7-23(14)10-22-16(25)9-17(26)27/h2-3,13-14,20H,4-10H2,1H3,(H,22,25)(H,26,27)/t13-,14+,20?,21-/m0/s1. The number of rotatable bonds is 4. The summed E-state index contributed by atoms with van der Waals surface area (Å²) in [4.78, 5) is 37.6. The molecule has 5 rings (SSSR count). The van der Waals surface area contributed by atoms with Crippen molar-refractivity contribution in [1.29, 1.82) is 0 Å². The Morgan fingerprint density at radius 2 is 2.21 bits per heavy atom. The first-order chi connectivity index (χ1) is 13.4. The molecule has 28 heavy (non-hydrogen) atoms. The second-order valence-electron chi connectivity index (χ2n) is 8.56.